The summed E-state index contributed by atoms with van der Waals surface area (Å²) in [5, 5.41) is 11.7. The van der Waals surface area contributed by atoms with Crippen molar-refractivity contribution in [2.75, 3.05) is 13.2 Å². The van der Waals surface area contributed by atoms with E-state index in [-0.39, 0.29) is 0 Å². The molecule has 1 aliphatic rings. The van der Waals surface area contributed by atoms with E-state index in [4.69, 9.17) is 4.74 Å². The smallest absolute Gasteiger partial charge is 0.160 e. The summed E-state index contributed by atoms with van der Waals surface area (Å²) in [6, 6.07) is 6.36. The van der Waals surface area contributed by atoms with Gasteiger partial charge in [0.2, 0.25) is 0 Å². The first-order chi connectivity index (χ1) is 7.93. The molecule has 0 bridgehead atoms. The van der Waals surface area contributed by atoms with Crippen molar-refractivity contribution >= 4 is 5.65 Å². The molecule has 1 N–H and O–H groups in total. The molecule has 0 radical (unpaired) electrons. The maximum Gasteiger partial charge on any atom is 0.160 e. The quantitative estimate of drug-likeness (QED) is 0.820. The minimum Gasteiger partial charge on any atom is -0.380 e. The van der Waals surface area contributed by atoms with E-state index in [1.165, 1.54) is 0 Å². The van der Waals surface area contributed by atoms with Crippen LogP contribution in [0.4, 0.5) is 0 Å². The van der Waals surface area contributed by atoms with Crippen molar-refractivity contribution in [1.29, 1.82) is 0 Å². The van der Waals surface area contributed by atoms with Crippen LogP contribution in [0.15, 0.2) is 24.4 Å². The lowest BCUT2D eigenvalue weighted by molar-refractivity contribution is 0.189. The van der Waals surface area contributed by atoms with E-state index >= 15 is 0 Å². The lowest BCUT2D eigenvalue weighted by Crippen LogP contribution is -2.29. The van der Waals surface area contributed by atoms with Gasteiger partial charge in [0.15, 0.2) is 11.5 Å². The minimum absolute atomic E-state index is 0.455. The highest BCUT2D eigenvalue weighted by Crippen LogP contribution is 2.06. The van der Waals surface area contributed by atoms with E-state index in [2.05, 4.69) is 15.5 Å². The molecule has 3 heterocycles. The van der Waals surface area contributed by atoms with Crippen LogP contribution in [0.3, 0.4) is 0 Å². The predicted octanol–water partition coefficient (Wildman–Crippen LogP) is 0.608. The Morgan fingerprint density at radius 2 is 2.44 bits per heavy atom. The zero-order chi connectivity index (χ0) is 10.8. The molecule has 84 valence electrons. The molecule has 1 fully saturated rings. The molecule has 16 heavy (non-hydrogen) atoms. The molecule has 2 aromatic heterocycles. The monoisotopic (exact) mass is 218 g/mol. The summed E-state index contributed by atoms with van der Waals surface area (Å²) in [6.07, 6.45) is 3.06. The zero-order valence-corrected chi connectivity index (χ0v) is 8.97. The molecule has 1 unspecified atom stereocenters. The maximum absolute atomic E-state index is 5.31. The van der Waals surface area contributed by atoms with Crippen LogP contribution in [0.25, 0.3) is 5.65 Å². The standard InChI is InChI=1S/C11H14N4O/c1-2-5-15-10(3-1)13-14-11(15)7-12-9-4-6-16-8-9/h1-3,5,9,12H,4,6-8H2. The summed E-state index contributed by atoms with van der Waals surface area (Å²) in [6.45, 7) is 2.40. The Balaban J connectivity index is 1.73. The predicted molar refractivity (Wildman–Crippen MR) is 59.1 cm³/mol. The van der Waals surface area contributed by atoms with Crippen LogP contribution in [0.5, 0.6) is 0 Å². The maximum atomic E-state index is 5.31. The number of aromatic nitrogens is 3. The molecule has 0 aliphatic carbocycles. The minimum atomic E-state index is 0.455. The van der Waals surface area contributed by atoms with Gasteiger partial charge in [-0.25, -0.2) is 0 Å². The first-order valence-electron chi connectivity index (χ1n) is 5.53. The fraction of sp³-hybridized carbons (Fsp3) is 0.455. The van der Waals surface area contributed by atoms with Gasteiger partial charge in [0.05, 0.1) is 13.2 Å². The van der Waals surface area contributed by atoms with Gasteiger partial charge in [0, 0.05) is 18.8 Å². The van der Waals surface area contributed by atoms with Crippen LogP contribution in [-0.2, 0) is 11.3 Å². The Morgan fingerprint density at radius 3 is 3.31 bits per heavy atom. The molecule has 5 heteroatoms. The van der Waals surface area contributed by atoms with Gasteiger partial charge in [-0.05, 0) is 18.6 Å². The van der Waals surface area contributed by atoms with Crippen LogP contribution in [0, 0.1) is 0 Å². The van der Waals surface area contributed by atoms with E-state index in [9.17, 15) is 0 Å². The lowest BCUT2D eigenvalue weighted by Gasteiger charge is -2.08. The van der Waals surface area contributed by atoms with E-state index < -0.39 is 0 Å². The summed E-state index contributed by atoms with van der Waals surface area (Å²) in [4.78, 5) is 0. The van der Waals surface area contributed by atoms with Gasteiger partial charge in [-0.2, -0.15) is 0 Å². The molecule has 0 spiro atoms. The number of ether oxygens (including phenoxy) is 1. The summed E-state index contributed by atoms with van der Waals surface area (Å²) >= 11 is 0. The van der Waals surface area contributed by atoms with Crippen molar-refractivity contribution in [3.63, 3.8) is 0 Å². The molecule has 2 aromatic rings. The Labute approximate surface area is 93.4 Å². The highest BCUT2D eigenvalue weighted by molar-refractivity contribution is 5.36. The van der Waals surface area contributed by atoms with Crippen LogP contribution in [0.2, 0.25) is 0 Å². The summed E-state index contributed by atoms with van der Waals surface area (Å²) in [7, 11) is 0. The van der Waals surface area contributed by atoms with E-state index in [1.54, 1.807) is 0 Å². The highest BCUT2D eigenvalue weighted by atomic mass is 16.5. The second-order valence-electron chi connectivity index (χ2n) is 3.99. The summed E-state index contributed by atoms with van der Waals surface area (Å²) in [5.41, 5.74) is 0.891. The third kappa shape index (κ3) is 1.79. The largest absolute Gasteiger partial charge is 0.380 e. The molecule has 1 saturated heterocycles. The first-order valence-corrected chi connectivity index (χ1v) is 5.53. The molecule has 0 amide bonds. The van der Waals surface area contributed by atoms with Gasteiger partial charge in [-0.1, -0.05) is 6.07 Å². The number of hydrogen-bond donors (Lipinski definition) is 1. The number of nitrogens with zero attached hydrogens (tertiary/aromatic N) is 3. The molecule has 5 nitrogen and oxygen atoms in total. The Hall–Kier alpha value is -1.46. The molecule has 0 aromatic carbocycles. The van der Waals surface area contributed by atoms with Crippen molar-refractivity contribution in [3.8, 4) is 0 Å². The van der Waals surface area contributed by atoms with Crippen molar-refractivity contribution in [3.05, 3.63) is 30.2 Å². The van der Waals surface area contributed by atoms with Crippen molar-refractivity contribution < 1.29 is 4.74 Å². The molecular formula is C11H14N4O. The normalized spacial score (nSPS) is 20.6. The Morgan fingerprint density at radius 1 is 1.44 bits per heavy atom. The van der Waals surface area contributed by atoms with Gasteiger partial charge in [-0.3, -0.25) is 4.40 Å². The molecule has 1 atom stereocenters. The van der Waals surface area contributed by atoms with Crippen LogP contribution in [0.1, 0.15) is 12.2 Å². The third-order valence-corrected chi connectivity index (χ3v) is 2.86. The van der Waals surface area contributed by atoms with Gasteiger partial charge in [0.25, 0.3) is 0 Å². The van der Waals surface area contributed by atoms with Gasteiger partial charge >= 0.3 is 0 Å². The first kappa shape index (κ1) is 9.74. The fourth-order valence-corrected chi connectivity index (χ4v) is 1.94. The Bertz CT molecular complexity index is 476. The third-order valence-electron chi connectivity index (χ3n) is 2.86. The van der Waals surface area contributed by atoms with Crippen molar-refractivity contribution in [2.45, 2.75) is 19.0 Å². The van der Waals surface area contributed by atoms with Gasteiger partial charge < -0.3 is 10.1 Å². The SMILES string of the molecule is c1ccn2c(CNC3CCOC3)nnc2c1. The van der Waals surface area contributed by atoms with Gasteiger partial charge in [0.1, 0.15) is 0 Å². The lowest BCUT2D eigenvalue weighted by atomic mass is 10.2. The average Bonchev–Trinajstić information content (AvgIpc) is 2.96. The molecule has 0 saturated carbocycles. The topological polar surface area (TPSA) is 51.5 Å². The molecule has 1 aliphatic heterocycles. The number of fused-ring (bicyclic) bond motifs is 1. The van der Waals surface area contributed by atoms with E-state index in [0.717, 1.165) is 37.7 Å². The average molecular weight is 218 g/mol. The van der Waals surface area contributed by atoms with Gasteiger partial charge in [-0.15, -0.1) is 10.2 Å². The number of nitrogens with one attached hydrogen (secondary N) is 1. The summed E-state index contributed by atoms with van der Waals surface area (Å²) < 4.78 is 7.31. The van der Waals surface area contributed by atoms with Crippen LogP contribution >= 0.6 is 0 Å². The number of hydrogen-bond acceptors (Lipinski definition) is 4. The van der Waals surface area contributed by atoms with Crippen LogP contribution < -0.4 is 5.32 Å². The number of pyridine rings is 1. The second-order valence-corrected chi connectivity index (χ2v) is 3.99. The van der Waals surface area contributed by atoms with Crippen molar-refractivity contribution in [1.82, 2.24) is 19.9 Å². The van der Waals surface area contributed by atoms with E-state index in [0.29, 0.717) is 6.04 Å². The molecular weight excluding hydrogens is 204 g/mol. The molecule has 3 rings (SSSR count). The number of rotatable bonds is 3. The summed E-state index contributed by atoms with van der Waals surface area (Å²) in [5.74, 6) is 0.947. The van der Waals surface area contributed by atoms with Crippen LogP contribution in [-0.4, -0.2) is 33.9 Å². The zero-order valence-electron chi connectivity index (χ0n) is 8.97. The highest BCUT2D eigenvalue weighted by Gasteiger charge is 2.15. The fourth-order valence-electron chi connectivity index (χ4n) is 1.94. The Kier molecular flexibility index (Phi) is 2.55. The van der Waals surface area contributed by atoms with Crippen molar-refractivity contribution in [2.24, 2.45) is 0 Å². The van der Waals surface area contributed by atoms with E-state index in [1.807, 2.05) is 28.8 Å². The second kappa shape index (κ2) is 4.19.